The van der Waals surface area contributed by atoms with Crippen molar-refractivity contribution in [3.63, 3.8) is 0 Å². The van der Waals surface area contributed by atoms with Crippen molar-refractivity contribution < 1.29 is 12.8 Å². The van der Waals surface area contributed by atoms with Crippen molar-refractivity contribution in [1.29, 1.82) is 0 Å². The summed E-state index contributed by atoms with van der Waals surface area (Å²) in [6.07, 6.45) is 4.07. The van der Waals surface area contributed by atoms with Crippen LogP contribution >= 0.6 is 11.6 Å². The topological polar surface area (TPSA) is 53.5 Å². The summed E-state index contributed by atoms with van der Waals surface area (Å²) in [6, 6.07) is 5.11. The molecule has 3 rings (SSSR count). The summed E-state index contributed by atoms with van der Waals surface area (Å²) >= 11 is 6.10. The molecule has 1 aliphatic heterocycles. The fraction of sp³-hybridized carbons (Fsp3) is 0.471. The second-order valence-corrected chi connectivity index (χ2v) is 8.61. The van der Waals surface area contributed by atoms with Crippen molar-refractivity contribution in [2.45, 2.75) is 25.8 Å². The molecule has 0 N–H and O–H groups in total. The van der Waals surface area contributed by atoms with Crippen LogP contribution in [0.5, 0.6) is 0 Å². The van der Waals surface area contributed by atoms with Gasteiger partial charge in [-0.2, -0.15) is 4.31 Å². The summed E-state index contributed by atoms with van der Waals surface area (Å²) in [6.45, 7) is 3.49. The van der Waals surface area contributed by atoms with E-state index in [1.807, 2.05) is 11.8 Å². The molecule has 0 spiro atoms. The number of rotatable bonds is 4. The number of fused-ring (bicyclic) bond motifs is 1. The number of halogens is 2. The maximum absolute atomic E-state index is 14.9. The van der Waals surface area contributed by atoms with Crippen LogP contribution in [0, 0.1) is 5.82 Å². The Labute approximate surface area is 152 Å². The van der Waals surface area contributed by atoms with E-state index in [0.29, 0.717) is 48.6 Å². The fourth-order valence-corrected chi connectivity index (χ4v) is 4.97. The van der Waals surface area contributed by atoms with E-state index < -0.39 is 10.0 Å². The van der Waals surface area contributed by atoms with Gasteiger partial charge in [-0.25, -0.2) is 12.8 Å². The third-order valence-electron chi connectivity index (χ3n) is 4.73. The Morgan fingerprint density at radius 1 is 1.32 bits per heavy atom. The molecule has 0 unspecified atom stereocenters. The molecule has 2 heterocycles. The summed E-state index contributed by atoms with van der Waals surface area (Å²) in [4.78, 5) is 6.06. The number of hydrogen-bond donors (Lipinski definition) is 0. The van der Waals surface area contributed by atoms with Gasteiger partial charge >= 0.3 is 0 Å². The summed E-state index contributed by atoms with van der Waals surface area (Å²) in [5, 5.41) is 1.07. The lowest BCUT2D eigenvalue weighted by molar-refractivity contribution is 0.285. The van der Waals surface area contributed by atoms with Gasteiger partial charge in [0.1, 0.15) is 5.52 Å². The fourth-order valence-electron chi connectivity index (χ4n) is 3.54. The minimum Gasteiger partial charge on any atom is -0.369 e. The molecule has 1 aromatic carbocycles. The summed E-state index contributed by atoms with van der Waals surface area (Å²) < 4.78 is 40.2. The van der Waals surface area contributed by atoms with Crippen LogP contribution < -0.4 is 4.90 Å². The summed E-state index contributed by atoms with van der Waals surface area (Å²) in [5.41, 5.74) is 0.751. The van der Waals surface area contributed by atoms with Gasteiger partial charge in [0.15, 0.2) is 5.82 Å². The molecule has 0 amide bonds. The molecule has 2 aromatic rings. The monoisotopic (exact) mass is 385 g/mol. The predicted molar refractivity (Wildman–Crippen MR) is 99.2 cm³/mol. The van der Waals surface area contributed by atoms with E-state index in [-0.39, 0.29) is 17.4 Å². The molecule has 0 aliphatic carbocycles. The van der Waals surface area contributed by atoms with Gasteiger partial charge in [-0.3, -0.25) is 4.98 Å². The van der Waals surface area contributed by atoms with Crippen LogP contribution in [0.15, 0.2) is 24.4 Å². The highest BCUT2D eigenvalue weighted by atomic mass is 35.5. The van der Waals surface area contributed by atoms with Gasteiger partial charge in [-0.05, 0) is 31.0 Å². The zero-order chi connectivity index (χ0) is 18.2. The lowest BCUT2D eigenvalue weighted by Crippen LogP contribution is -2.47. The average molecular weight is 386 g/mol. The Morgan fingerprint density at radius 2 is 2.00 bits per heavy atom. The lowest BCUT2D eigenvalue weighted by atomic mass is 10.0. The molecule has 0 saturated carbocycles. The van der Waals surface area contributed by atoms with Gasteiger partial charge in [-0.1, -0.05) is 18.5 Å². The standard InChI is InChI=1S/C17H21ClFN3O2S/c1-3-22(25(2,23)24)12-7-10-21(11-8-12)15-5-4-13-14(18)6-9-20-17(13)16(15)19/h4-6,9,12H,3,7-8,10-11H2,1-2H3. The smallest absolute Gasteiger partial charge is 0.211 e. The molecule has 136 valence electrons. The Bertz CT molecular complexity index is 883. The maximum atomic E-state index is 14.9. The quantitative estimate of drug-likeness (QED) is 0.810. The minimum atomic E-state index is -3.22. The SMILES string of the molecule is CCN(C1CCN(c2ccc3c(Cl)ccnc3c2F)CC1)S(C)(=O)=O. The molecule has 25 heavy (non-hydrogen) atoms. The minimum absolute atomic E-state index is 0.0349. The van der Waals surface area contributed by atoms with Crippen molar-refractivity contribution in [1.82, 2.24) is 9.29 Å². The van der Waals surface area contributed by atoms with Crippen molar-refractivity contribution in [2.24, 2.45) is 0 Å². The van der Waals surface area contributed by atoms with Gasteiger partial charge in [-0.15, -0.1) is 0 Å². The first kappa shape index (κ1) is 18.4. The zero-order valence-electron chi connectivity index (χ0n) is 14.2. The number of benzene rings is 1. The van der Waals surface area contributed by atoms with Gasteiger partial charge < -0.3 is 4.90 Å². The van der Waals surface area contributed by atoms with Crippen molar-refractivity contribution in [3.05, 3.63) is 35.2 Å². The third-order valence-corrected chi connectivity index (χ3v) is 6.47. The van der Waals surface area contributed by atoms with Crippen LogP contribution in [0.4, 0.5) is 10.1 Å². The first-order valence-electron chi connectivity index (χ1n) is 8.27. The van der Waals surface area contributed by atoms with Gasteiger partial charge in [0.2, 0.25) is 10.0 Å². The van der Waals surface area contributed by atoms with E-state index in [0.717, 1.165) is 0 Å². The highest BCUT2D eigenvalue weighted by molar-refractivity contribution is 7.88. The highest BCUT2D eigenvalue weighted by Crippen LogP contribution is 2.32. The zero-order valence-corrected chi connectivity index (χ0v) is 15.8. The molecule has 0 radical (unpaired) electrons. The molecule has 8 heteroatoms. The Kier molecular flexibility index (Phi) is 5.18. The van der Waals surface area contributed by atoms with Gasteiger partial charge in [0.05, 0.1) is 17.0 Å². The Balaban J connectivity index is 1.82. The second kappa shape index (κ2) is 7.05. The largest absolute Gasteiger partial charge is 0.369 e. The van der Waals surface area contributed by atoms with Crippen LogP contribution in [0.2, 0.25) is 5.02 Å². The Morgan fingerprint density at radius 3 is 2.60 bits per heavy atom. The normalized spacial score (nSPS) is 16.8. The number of hydrogen-bond acceptors (Lipinski definition) is 4. The van der Waals surface area contributed by atoms with Crippen molar-refractivity contribution in [3.8, 4) is 0 Å². The van der Waals surface area contributed by atoms with E-state index in [9.17, 15) is 12.8 Å². The van der Waals surface area contributed by atoms with Crippen molar-refractivity contribution >= 4 is 38.2 Å². The van der Waals surface area contributed by atoms with E-state index in [1.54, 1.807) is 18.2 Å². The molecule has 1 fully saturated rings. The second-order valence-electron chi connectivity index (χ2n) is 6.27. The number of nitrogens with zero attached hydrogens (tertiary/aromatic N) is 3. The Hall–Kier alpha value is -1.44. The van der Waals surface area contributed by atoms with Crippen LogP contribution in [0.3, 0.4) is 0 Å². The first-order chi connectivity index (χ1) is 11.8. The molecule has 5 nitrogen and oxygen atoms in total. The molecular weight excluding hydrogens is 365 g/mol. The van der Waals surface area contributed by atoms with Gasteiger partial charge in [0.25, 0.3) is 0 Å². The highest BCUT2D eigenvalue weighted by Gasteiger charge is 2.30. The number of piperidine rings is 1. The number of pyridine rings is 1. The summed E-state index contributed by atoms with van der Waals surface area (Å²) in [7, 11) is -3.22. The van der Waals surface area contributed by atoms with E-state index in [1.165, 1.54) is 16.8 Å². The number of aromatic nitrogens is 1. The molecule has 1 aromatic heterocycles. The van der Waals surface area contributed by atoms with Crippen LogP contribution in [-0.4, -0.2) is 49.6 Å². The van der Waals surface area contributed by atoms with Crippen LogP contribution in [0.25, 0.3) is 10.9 Å². The molecule has 1 aliphatic rings. The maximum Gasteiger partial charge on any atom is 0.211 e. The molecule has 1 saturated heterocycles. The van der Waals surface area contributed by atoms with Crippen LogP contribution in [-0.2, 0) is 10.0 Å². The molecule has 0 bridgehead atoms. The van der Waals surface area contributed by atoms with Gasteiger partial charge in [0, 0.05) is 37.3 Å². The average Bonchev–Trinajstić information content (AvgIpc) is 2.56. The van der Waals surface area contributed by atoms with E-state index >= 15 is 0 Å². The van der Waals surface area contributed by atoms with E-state index in [4.69, 9.17) is 11.6 Å². The number of sulfonamides is 1. The lowest BCUT2D eigenvalue weighted by Gasteiger charge is -2.38. The van der Waals surface area contributed by atoms with Crippen molar-refractivity contribution in [2.75, 3.05) is 30.8 Å². The summed E-state index contributed by atoms with van der Waals surface area (Å²) in [5.74, 6) is -0.381. The predicted octanol–water partition coefficient (Wildman–Crippen LogP) is 3.28. The van der Waals surface area contributed by atoms with E-state index in [2.05, 4.69) is 4.98 Å². The number of anilines is 1. The van der Waals surface area contributed by atoms with Crippen LogP contribution in [0.1, 0.15) is 19.8 Å². The first-order valence-corrected chi connectivity index (χ1v) is 10.5. The molecular formula is C17H21ClFN3O2S. The molecule has 0 atom stereocenters. The third kappa shape index (κ3) is 3.59.